The molecule has 7 heteroatoms. The van der Waals surface area contributed by atoms with Crippen molar-refractivity contribution in [3.63, 3.8) is 0 Å². The molecule has 1 saturated heterocycles. The fraction of sp³-hybridized carbons (Fsp3) is 0.261. The molecule has 0 unspecified atom stereocenters. The average Bonchev–Trinajstić information content (AvgIpc) is 3.22. The van der Waals surface area contributed by atoms with E-state index in [9.17, 15) is 14.0 Å². The summed E-state index contributed by atoms with van der Waals surface area (Å²) >= 11 is 0. The van der Waals surface area contributed by atoms with Gasteiger partial charge in [-0.2, -0.15) is 0 Å². The largest absolute Gasteiger partial charge is 0.441 e. The van der Waals surface area contributed by atoms with Crippen LogP contribution in [0.5, 0.6) is 0 Å². The molecule has 4 rings (SSSR count). The number of halogens is 1. The van der Waals surface area contributed by atoms with E-state index in [0.29, 0.717) is 42.3 Å². The van der Waals surface area contributed by atoms with Crippen molar-refractivity contribution in [3.8, 4) is 11.3 Å². The number of anilines is 2. The van der Waals surface area contributed by atoms with Crippen molar-refractivity contribution >= 4 is 23.2 Å². The Morgan fingerprint density at radius 3 is 2.87 bits per heavy atom. The summed E-state index contributed by atoms with van der Waals surface area (Å²) < 4.78 is 19.4. The molecule has 0 radical (unpaired) electrons. The van der Waals surface area contributed by atoms with Gasteiger partial charge in [0.15, 0.2) is 11.7 Å². The number of hydrogen-bond acceptors (Lipinski definition) is 4. The van der Waals surface area contributed by atoms with E-state index in [1.807, 2.05) is 18.2 Å². The lowest BCUT2D eigenvalue weighted by molar-refractivity contribution is -0.119. The first kappa shape index (κ1) is 19.8. The van der Waals surface area contributed by atoms with Crippen LogP contribution < -0.4 is 10.2 Å². The summed E-state index contributed by atoms with van der Waals surface area (Å²) in [6, 6.07) is 13.6. The molecule has 0 aliphatic carbocycles. The van der Waals surface area contributed by atoms with E-state index in [0.717, 1.165) is 18.5 Å². The number of aryl methyl sites for hydroxylation is 1. The number of piperidine rings is 1. The number of amides is 2. The van der Waals surface area contributed by atoms with Crippen LogP contribution >= 0.6 is 0 Å². The fourth-order valence-corrected chi connectivity index (χ4v) is 3.49. The molecule has 2 amide bonds. The third kappa shape index (κ3) is 4.56. The molecule has 2 aromatic carbocycles. The smallest absolute Gasteiger partial charge is 0.226 e. The Bertz CT molecular complexity index is 1060. The molecule has 2 heterocycles. The summed E-state index contributed by atoms with van der Waals surface area (Å²) in [4.78, 5) is 30.4. The van der Waals surface area contributed by atoms with E-state index >= 15 is 0 Å². The Hall–Kier alpha value is -3.48. The van der Waals surface area contributed by atoms with Crippen LogP contribution in [0, 0.1) is 5.82 Å². The second kappa shape index (κ2) is 8.90. The normalized spacial score (nSPS) is 14.0. The molecule has 1 aliphatic heterocycles. The van der Waals surface area contributed by atoms with E-state index in [4.69, 9.17) is 4.42 Å². The second-order valence-corrected chi connectivity index (χ2v) is 7.20. The van der Waals surface area contributed by atoms with Crippen LogP contribution in [0.4, 0.5) is 15.8 Å². The maximum absolute atomic E-state index is 13.9. The molecule has 0 atom stereocenters. The molecule has 1 fully saturated rings. The Balaban J connectivity index is 1.35. The van der Waals surface area contributed by atoms with Crippen LogP contribution in [0.25, 0.3) is 11.3 Å². The lowest BCUT2D eigenvalue weighted by atomic mass is 10.1. The Kier molecular flexibility index (Phi) is 5.88. The minimum atomic E-state index is -0.384. The number of hydrogen-bond donors (Lipinski definition) is 1. The number of aromatic nitrogens is 1. The molecule has 154 valence electrons. The van der Waals surface area contributed by atoms with E-state index in [1.54, 1.807) is 29.2 Å². The monoisotopic (exact) mass is 407 g/mol. The van der Waals surface area contributed by atoms with Crippen LogP contribution in [-0.2, 0) is 16.0 Å². The van der Waals surface area contributed by atoms with Crippen LogP contribution in [-0.4, -0.2) is 23.3 Å². The molecule has 0 spiro atoms. The Morgan fingerprint density at radius 2 is 2.03 bits per heavy atom. The minimum absolute atomic E-state index is 0.110. The van der Waals surface area contributed by atoms with Gasteiger partial charge in [0, 0.05) is 37.2 Å². The van der Waals surface area contributed by atoms with Crippen molar-refractivity contribution in [3.05, 3.63) is 66.4 Å². The molecular weight excluding hydrogens is 385 g/mol. The van der Waals surface area contributed by atoms with E-state index in [-0.39, 0.29) is 24.1 Å². The maximum Gasteiger partial charge on any atom is 0.226 e. The van der Waals surface area contributed by atoms with Crippen LogP contribution in [0.1, 0.15) is 31.6 Å². The first-order chi connectivity index (χ1) is 14.6. The number of oxazole rings is 1. The van der Waals surface area contributed by atoms with Gasteiger partial charge >= 0.3 is 0 Å². The molecular formula is C23H22FN3O3. The molecule has 1 N–H and O–H groups in total. The third-order valence-corrected chi connectivity index (χ3v) is 5.02. The van der Waals surface area contributed by atoms with Gasteiger partial charge in [-0.15, -0.1) is 0 Å². The summed E-state index contributed by atoms with van der Waals surface area (Å²) in [5, 5.41) is 2.85. The first-order valence-corrected chi connectivity index (χ1v) is 10.00. The highest BCUT2D eigenvalue weighted by Crippen LogP contribution is 2.25. The van der Waals surface area contributed by atoms with E-state index in [1.165, 1.54) is 12.3 Å². The SMILES string of the molecule is O=C(CCc1ncc(-c2ccccc2F)o1)Nc1cccc(N2CCCCC2=O)c1. The van der Waals surface area contributed by atoms with Gasteiger partial charge in [0.25, 0.3) is 0 Å². The van der Waals surface area contributed by atoms with Crippen LogP contribution in [0.2, 0.25) is 0 Å². The third-order valence-electron chi connectivity index (χ3n) is 5.02. The number of nitrogens with zero attached hydrogens (tertiary/aromatic N) is 2. The van der Waals surface area contributed by atoms with Gasteiger partial charge in [0.1, 0.15) is 5.82 Å². The van der Waals surface area contributed by atoms with Gasteiger partial charge in [-0.3, -0.25) is 9.59 Å². The van der Waals surface area contributed by atoms with Gasteiger partial charge in [0.05, 0.1) is 11.8 Å². The van der Waals surface area contributed by atoms with E-state index < -0.39 is 0 Å². The van der Waals surface area contributed by atoms with Crippen molar-refractivity contribution in [2.24, 2.45) is 0 Å². The van der Waals surface area contributed by atoms with Gasteiger partial charge in [-0.1, -0.05) is 18.2 Å². The van der Waals surface area contributed by atoms with Crippen LogP contribution in [0.3, 0.4) is 0 Å². The highest BCUT2D eigenvalue weighted by atomic mass is 19.1. The number of nitrogens with one attached hydrogen (secondary N) is 1. The van der Waals surface area contributed by atoms with Crippen LogP contribution in [0.15, 0.2) is 59.1 Å². The predicted molar refractivity (Wildman–Crippen MR) is 111 cm³/mol. The fourth-order valence-electron chi connectivity index (χ4n) is 3.49. The summed E-state index contributed by atoms with van der Waals surface area (Å²) in [5.74, 6) is 0.241. The molecule has 1 aliphatic rings. The number of carbonyl (C=O) groups is 2. The summed E-state index contributed by atoms with van der Waals surface area (Å²) in [6.45, 7) is 0.699. The zero-order valence-corrected chi connectivity index (χ0v) is 16.4. The minimum Gasteiger partial charge on any atom is -0.441 e. The van der Waals surface area contributed by atoms with Crippen molar-refractivity contribution in [2.45, 2.75) is 32.1 Å². The molecule has 0 bridgehead atoms. The van der Waals surface area contributed by atoms with Gasteiger partial charge in [0.2, 0.25) is 11.8 Å². The molecule has 30 heavy (non-hydrogen) atoms. The van der Waals surface area contributed by atoms with Gasteiger partial charge < -0.3 is 14.6 Å². The van der Waals surface area contributed by atoms with Crippen molar-refractivity contribution in [1.82, 2.24) is 4.98 Å². The number of benzene rings is 2. The lowest BCUT2D eigenvalue weighted by Crippen LogP contribution is -2.35. The molecule has 0 saturated carbocycles. The van der Waals surface area contributed by atoms with Crippen molar-refractivity contribution in [2.75, 3.05) is 16.8 Å². The first-order valence-electron chi connectivity index (χ1n) is 10.00. The maximum atomic E-state index is 13.9. The van der Waals surface area contributed by atoms with Crippen molar-refractivity contribution < 1.29 is 18.4 Å². The standard InChI is InChI=1S/C23H22FN3O3/c24-19-9-2-1-8-18(19)20-15-25-22(30-20)12-11-21(28)26-16-6-5-7-17(14-16)27-13-4-3-10-23(27)29/h1-2,5-9,14-15H,3-4,10-13H2,(H,26,28). The highest BCUT2D eigenvalue weighted by Gasteiger charge is 2.20. The average molecular weight is 407 g/mol. The number of rotatable bonds is 6. The summed E-state index contributed by atoms with van der Waals surface area (Å²) in [7, 11) is 0. The lowest BCUT2D eigenvalue weighted by Gasteiger charge is -2.27. The number of carbonyl (C=O) groups excluding carboxylic acids is 2. The Labute approximate surface area is 173 Å². The topological polar surface area (TPSA) is 75.4 Å². The Morgan fingerprint density at radius 1 is 1.17 bits per heavy atom. The predicted octanol–water partition coefficient (Wildman–Crippen LogP) is 4.57. The molecule has 3 aromatic rings. The molecule has 6 nitrogen and oxygen atoms in total. The van der Waals surface area contributed by atoms with E-state index in [2.05, 4.69) is 10.3 Å². The quantitative estimate of drug-likeness (QED) is 0.650. The second-order valence-electron chi connectivity index (χ2n) is 7.20. The zero-order chi connectivity index (χ0) is 20.9. The zero-order valence-electron chi connectivity index (χ0n) is 16.4. The van der Waals surface area contributed by atoms with Gasteiger partial charge in [-0.05, 0) is 43.2 Å². The summed E-state index contributed by atoms with van der Waals surface area (Å²) in [5.41, 5.74) is 1.76. The summed E-state index contributed by atoms with van der Waals surface area (Å²) in [6.07, 6.45) is 4.39. The van der Waals surface area contributed by atoms with Crippen molar-refractivity contribution in [1.29, 1.82) is 0 Å². The highest BCUT2D eigenvalue weighted by molar-refractivity contribution is 5.96. The van der Waals surface area contributed by atoms with Gasteiger partial charge in [-0.25, -0.2) is 9.37 Å². The molecule has 1 aromatic heterocycles.